The van der Waals surface area contributed by atoms with E-state index in [0.717, 1.165) is 0 Å². The van der Waals surface area contributed by atoms with Gasteiger partial charge in [-0.3, -0.25) is 14.9 Å². The van der Waals surface area contributed by atoms with Gasteiger partial charge >= 0.3 is 18.1 Å². The highest BCUT2D eigenvalue weighted by Crippen LogP contribution is 2.14. The van der Waals surface area contributed by atoms with Crippen LogP contribution in [0.5, 0.6) is 0 Å². The van der Waals surface area contributed by atoms with Crippen LogP contribution in [0.25, 0.3) is 0 Å². The number of carbonyl (C=O) groups excluding carboxylic acids is 1. The number of nitrogens with one attached hydrogen (secondary N) is 1. The Bertz CT molecular complexity index is 656. The lowest BCUT2D eigenvalue weighted by molar-refractivity contribution is -0.384. The molecule has 1 fully saturated rings. The summed E-state index contributed by atoms with van der Waals surface area (Å²) in [5.74, 6) is -3.12. The number of nitro benzene ring substituents is 1. The first-order valence-electron chi connectivity index (χ1n) is 7.62. The Hall–Kier alpha value is -2.73. The number of hydrogen-bond donors (Lipinski definition) is 3. The van der Waals surface area contributed by atoms with Gasteiger partial charge in [0.1, 0.15) is 12.6 Å². The number of aliphatic carboxylic acids is 1. The summed E-state index contributed by atoms with van der Waals surface area (Å²) in [4.78, 5) is 30.7. The van der Waals surface area contributed by atoms with E-state index in [1.807, 2.05) is 0 Å². The number of non-ortho nitro benzene ring substituents is 1. The van der Waals surface area contributed by atoms with Crippen LogP contribution in [0.1, 0.15) is 18.4 Å². The van der Waals surface area contributed by atoms with E-state index in [1.54, 1.807) is 12.1 Å². The quantitative estimate of drug-likeness (QED) is 0.395. The minimum Gasteiger partial charge on any atom is -0.475 e. The predicted octanol–water partition coefficient (Wildman–Crippen LogP) is 1.38. The maximum atomic E-state index is 11.8. The number of rotatable bonds is 4. The van der Waals surface area contributed by atoms with Gasteiger partial charge in [0.15, 0.2) is 0 Å². The third-order valence-corrected chi connectivity index (χ3v) is 3.44. The number of ether oxygens (including phenoxy) is 1. The van der Waals surface area contributed by atoms with Crippen molar-refractivity contribution < 1.29 is 42.6 Å². The van der Waals surface area contributed by atoms with Crippen LogP contribution in [0.2, 0.25) is 0 Å². The SMILES string of the molecule is O=C(O)C(F)(F)F.O=C(OCc1ccc([N+](=O)[O-])cc1)[C@H]1CC[C@@H](O)CN1. The minimum atomic E-state index is -5.08. The van der Waals surface area contributed by atoms with E-state index in [4.69, 9.17) is 14.6 Å². The molecule has 3 N–H and O–H groups in total. The van der Waals surface area contributed by atoms with E-state index in [2.05, 4.69) is 5.32 Å². The van der Waals surface area contributed by atoms with Gasteiger partial charge in [-0.2, -0.15) is 13.2 Å². The molecule has 1 heterocycles. The van der Waals surface area contributed by atoms with Crippen LogP contribution in [0.4, 0.5) is 18.9 Å². The monoisotopic (exact) mass is 394 g/mol. The summed E-state index contributed by atoms with van der Waals surface area (Å²) in [6.07, 6.45) is -4.38. The number of piperidine rings is 1. The zero-order chi connectivity index (χ0) is 20.6. The first-order valence-corrected chi connectivity index (χ1v) is 7.62. The van der Waals surface area contributed by atoms with Crippen molar-refractivity contribution in [1.82, 2.24) is 5.32 Å². The lowest BCUT2D eigenvalue weighted by atomic mass is 10.0. The summed E-state index contributed by atoms with van der Waals surface area (Å²) in [6.45, 7) is 0.467. The Morgan fingerprint density at radius 2 is 1.81 bits per heavy atom. The van der Waals surface area contributed by atoms with Gasteiger partial charge in [0.25, 0.3) is 5.69 Å². The predicted molar refractivity (Wildman–Crippen MR) is 83.6 cm³/mol. The number of aliphatic hydroxyl groups excluding tert-OH is 1. The van der Waals surface area contributed by atoms with Crippen molar-refractivity contribution >= 4 is 17.6 Å². The minimum absolute atomic E-state index is 0.00279. The third kappa shape index (κ3) is 8.00. The van der Waals surface area contributed by atoms with Crippen molar-refractivity contribution in [2.45, 2.75) is 37.8 Å². The Morgan fingerprint density at radius 3 is 2.22 bits per heavy atom. The van der Waals surface area contributed by atoms with Crippen molar-refractivity contribution in [3.63, 3.8) is 0 Å². The first-order chi connectivity index (χ1) is 12.5. The number of carboxylic acid groups (broad SMARTS) is 1. The average Bonchev–Trinajstić information content (AvgIpc) is 2.60. The van der Waals surface area contributed by atoms with Crippen LogP contribution >= 0.6 is 0 Å². The molecule has 0 spiro atoms. The molecule has 0 bridgehead atoms. The smallest absolute Gasteiger partial charge is 0.475 e. The zero-order valence-corrected chi connectivity index (χ0v) is 13.8. The molecule has 0 radical (unpaired) electrons. The van der Waals surface area contributed by atoms with E-state index < -0.39 is 29.2 Å². The summed E-state index contributed by atoms with van der Waals surface area (Å²) in [5.41, 5.74) is 0.697. The second kappa shape index (κ2) is 9.83. The van der Waals surface area contributed by atoms with E-state index in [1.165, 1.54) is 12.1 Å². The number of hydrogen-bond acceptors (Lipinski definition) is 7. The Morgan fingerprint density at radius 1 is 1.26 bits per heavy atom. The van der Waals surface area contributed by atoms with Crippen molar-refractivity contribution in [3.05, 3.63) is 39.9 Å². The second-order valence-corrected chi connectivity index (χ2v) is 5.53. The summed E-state index contributed by atoms with van der Waals surface area (Å²) in [7, 11) is 0. The number of aliphatic hydroxyl groups is 1. The van der Waals surface area contributed by atoms with Crippen molar-refractivity contribution in [2.24, 2.45) is 0 Å². The number of carbonyl (C=O) groups is 2. The molecule has 2 rings (SSSR count). The summed E-state index contributed by atoms with van der Waals surface area (Å²) >= 11 is 0. The van der Waals surface area contributed by atoms with E-state index >= 15 is 0 Å². The Labute approximate surface area is 150 Å². The van der Waals surface area contributed by atoms with E-state index in [0.29, 0.717) is 24.9 Å². The molecule has 1 aromatic rings. The van der Waals surface area contributed by atoms with Gasteiger partial charge in [0.2, 0.25) is 0 Å². The number of benzene rings is 1. The van der Waals surface area contributed by atoms with Crippen molar-refractivity contribution in [1.29, 1.82) is 0 Å². The Kier molecular flexibility index (Phi) is 8.12. The van der Waals surface area contributed by atoms with Gasteiger partial charge in [0.05, 0.1) is 11.0 Å². The standard InChI is InChI=1S/C13H16N2O5.C2HF3O2/c16-11-5-6-12(14-7-11)13(17)20-8-9-1-3-10(4-2-9)15(18)19;3-2(4,5)1(6)7/h1-4,11-12,14,16H,5-8H2;(H,6,7)/t11-,12-;/m1./s1. The topological polar surface area (TPSA) is 139 Å². The molecule has 12 heteroatoms. The summed E-state index contributed by atoms with van der Waals surface area (Å²) < 4.78 is 36.9. The zero-order valence-electron chi connectivity index (χ0n) is 13.8. The molecule has 2 atom stereocenters. The van der Waals surface area contributed by atoms with Gasteiger partial charge in [-0.1, -0.05) is 0 Å². The number of nitro groups is 1. The lowest BCUT2D eigenvalue weighted by Gasteiger charge is -2.25. The normalized spacial score (nSPS) is 19.4. The molecule has 0 saturated carbocycles. The van der Waals surface area contributed by atoms with E-state index in [-0.39, 0.29) is 18.3 Å². The van der Waals surface area contributed by atoms with E-state index in [9.17, 15) is 33.2 Å². The van der Waals surface area contributed by atoms with Crippen LogP contribution < -0.4 is 5.32 Å². The average molecular weight is 394 g/mol. The van der Waals surface area contributed by atoms with Crippen LogP contribution in [0, 0.1) is 10.1 Å². The van der Waals surface area contributed by atoms with Crippen molar-refractivity contribution in [3.8, 4) is 0 Å². The molecule has 9 nitrogen and oxygen atoms in total. The highest BCUT2D eigenvalue weighted by molar-refractivity contribution is 5.76. The fourth-order valence-electron chi connectivity index (χ4n) is 2.01. The molecule has 27 heavy (non-hydrogen) atoms. The fraction of sp³-hybridized carbons (Fsp3) is 0.467. The number of esters is 1. The Balaban J connectivity index is 0.000000445. The van der Waals surface area contributed by atoms with Crippen molar-refractivity contribution in [2.75, 3.05) is 6.54 Å². The number of halogens is 3. The van der Waals surface area contributed by atoms with Gasteiger partial charge < -0.3 is 20.3 Å². The first kappa shape index (κ1) is 22.3. The molecule has 1 saturated heterocycles. The van der Waals surface area contributed by atoms with Crippen LogP contribution in [-0.2, 0) is 20.9 Å². The third-order valence-electron chi connectivity index (χ3n) is 3.44. The van der Waals surface area contributed by atoms with Gasteiger partial charge in [-0.25, -0.2) is 4.79 Å². The largest absolute Gasteiger partial charge is 0.490 e. The molecule has 1 aliphatic rings. The maximum absolute atomic E-state index is 11.8. The molecule has 1 aromatic carbocycles. The van der Waals surface area contributed by atoms with Gasteiger partial charge in [-0.15, -0.1) is 0 Å². The molecular formula is C15H17F3N2O7. The second-order valence-electron chi connectivity index (χ2n) is 5.53. The molecule has 1 aliphatic heterocycles. The molecule has 0 aliphatic carbocycles. The maximum Gasteiger partial charge on any atom is 0.490 e. The summed E-state index contributed by atoms with van der Waals surface area (Å²) in [5, 5.41) is 29.9. The molecular weight excluding hydrogens is 377 g/mol. The van der Waals surface area contributed by atoms with Gasteiger partial charge in [-0.05, 0) is 30.5 Å². The molecule has 0 aromatic heterocycles. The molecule has 0 unspecified atom stereocenters. The number of carboxylic acids is 1. The summed E-state index contributed by atoms with van der Waals surface area (Å²) in [6, 6.07) is 5.47. The number of nitrogens with zero attached hydrogens (tertiary/aromatic N) is 1. The highest BCUT2D eigenvalue weighted by Gasteiger charge is 2.38. The molecule has 150 valence electrons. The lowest BCUT2D eigenvalue weighted by Crippen LogP contribution is -2.46. The van der Waals surface area contributed by atoms with Crippen LogP contribution in [0.15, 0.2) is 24.3 Å². The van der Waals surface area contributed by atoms with Gasteiger partial charge in [0, 0.05) is 18.7 Å². The van der Waals surface area contributed by atoms with Crippen LogP contribution in [-0.4, -0.2) is 51.9 Å². The number of alkyl halides is 3. The molecule has 0 amide bonds. The van der Waals surface area contributed by atoms with Crippen LogP contribution in [0.3, 0.4) is 0 Å². The highest BCUT2D eigenvalue weighted by atomic mass is 19.4. The number of β-amino-alcohol motifs (C(OH)–C–C–N with tert-alkyl or cyclic N) is 1. The fourth-order valence-corrected chi connectivity index (χ4v) is 2.01.